The van der Waals surface area contributed by atoms with Crippen molar-refractivity contribution in [2.45, 2.75) is 39.7 Å². The van der Waals surface area contributed by atoms with E-state index in [9.17, 15) is 9.90 Å². The summed E-state index contributed by atoms with van der Waals surface area (Å²) < 4.78 is 0. The van der Waals surface area contributed by atoms with E-state index in [4.69, 9.17) is 0 Å². The molecule has 19 heavy (non-hydrogen) atoms. The topological polar surface area (TPSA) is 49.3 Å². The van der Waals surface area contributed by atoms with Gasteiger partial charge in [-0.1, -0.05) is 51.1 Å². The summed E-state index contributed by atoms with van der Waals surface area (Å²) in [6, 6.07) is 9.11. The largest absolute Gasteiger partial charge is 0.383 e. The van der Waals surface area contributed by atoms with Crippen LogP contribution >= 0.6 is 0 Å². The van der Waals surface area contributed by atoms with Crippen LogP contribution in [0.25, 0.3) is 0 Å². The van der Waals surface area contributed by atoms with Crippen molar-refractivity contribution in [2.75, 3.05) is 5.32 Å². The standard InChI is InChI=1S/C16H23NO2/c1-12(11-16(2,3)4)10-14(18)15(19)17-13-8-6-5-7-9-13/h5-9,14,18H,1,10-11H2,2-4H3,(H,17,19)/t14-/m0/s1. The van der Waals surface area contributed by atoms with Crippen LogP contribution < -0.4 is 5.32 Å². The van der Waals surface area contributed by atoms with Gasteiger partial charge in [0.05, 0.1) is 0 Å². The average molecular weight is 261 g/mol. The van der Waals surface area contributed by atoms with Gasteiger partial charge in [0, 0.05) is 12.1 Å². The molecule has 0 bridgehead atoms. The van der Waals surface area contributed by atoms with E-state index in [1.54, 1.807) is 12.1 Å². The smallest absolute Gasteiger partial charge is 0.253 e. The minimum atomic E-state index is -1.05. The van der Waals surface area contributed by atoms with Gasteiger partial charge in [0.15, 0.2) is 0 Å². The minimum Gasteiger partial charge on any atom is -0.383 e. The number of carbonyl (C=O) groups is 1. The molecule has 0 heterocycles. The Morgan fingerprint density at radius 3 is 2.42 bits per heavy atom. The van der Waals surface area contributed by atoms with Crippen molar-refractivity contribution in [1.29, 1.82) is 0 Å². The molecule has 2 N–H and O–H groups in total. The van der Waals surface area contributed by atoms with Crippen molar-refractivity contribution >= 4 is 11.6 Å². The molecule has 1 rings (SSSR count). The van der Waals surface area contributed by atoms with E-state index < -0.39 is 6.10 Å². The molecule has 3 nitrogen and oxygen atoms in total. The van der Waals surface area contributed by atoms with E-state index in [0.717, 1.165) is 12.0 Å². The van der Waals surface area contributed by atoms with Crippen LogP contribution in [-0.4, -0.2) is 17.1 Å². The van der Waals surface area contributed by atoms with Gasteiger partial charge in [0.1, 0.15) is 6.10 Å². The lowest BCUT2D eigenvalue weighted by atomic mass is 9.86. The number of benzene rings is 1. The number of amides is 1. The minimum absolute atomic E-state index is 0.118. The van der Waals surface area contributed by atoms with Crippen LogP contribution in [0.1, 0.15) is 33.6 Å². The number of para-hydroxylation sites is 1. The van der Waals surface area contributed by atoms with E-state index in [1.165, 1.54) is 0 Å². The van der Waals surface area contributed by atoms with Gasteiger partial charge in [-0.15, -0.1) is 0 Å². The molecule has 0 saturated heterocycles. The highest BCUT2D eigenvalue weighted by atomic mass is 16.3. The Hall–Kier alpha value is -1.61. The lowest BCUT2D eigenvalue weighted by molar-refractivity contribution is -0.123. The maximum atomic E-state index is 11.8. The number of hydrogen-bond acceptors (Lipinski definition) is 2. The molecular formula is C16H23NO2. The number of aliphatic hydroxyl groups is 1. The van der Waals surface area contributed by atoms with Crippen molar-refractivity contribution in [2.24, 2.45) is 5.41 Å². The molecule has 1 aromatic rings. The van der Waals surface area contributed by atoms with Gasteiger partial charge in [0.25, 0.3) is 5.91 Å². The van der Waals surface area contributed by atoms with Crippen LogP contribution in [0.2, 0.25) is 0 Å². The van der Waals surface area contributed by atoms with Gasteiger partial charge in [-0.25, -0.2) is 0 Å². The summed E-state index contributed by atoms with van der Waals surface area (Å²) in [6.45, 7) is 10.2. The fraction of sp³-hybridized carbons (Fsp3) is 0.438. The summed E-state index contributed by atoms with van der Waals surface area (Å²) in [5.74, 6) is -0.388. The molecule has 0 aliphatic heterocycles. The first-order valence-electron chi connectivity index (χ1n) is 6.48. The van der Waals surface area contributed by atoms with E-state index in [2.05, 4.69) is 32.7 Å². The second-order valence-corrected chi connectivity index (χ2v) is 6.06. The van der Waals surface area contributed by atoms with Crippen molar-refractivity contribution < 1.29 is 9.90 Å². The summed E-state index contributed by atoms with van der Waals surface area (Å²) in [7, 11) is 0. The van der Waals surface area contributed by atoms with E-state index >= 15 is 0 Å². The third-order valence-corrected chi connectivity index (χ3v) is 2.61. The molecule has 0 aromatic heterocycles. The van der Waals surface area contributed by atoms with Crippen LogP contribution in [0.3, 0.4) is 0 Å². The third-order valence-electron chi connectivity index (χ3n) is 2.61. The first kappa shape index (κ1) is 15.4. The summed E-state index contributed by atoms with van der Waals surface area (Å²) >= 11 is 0. The molecule has 0 aliphatic rings. The fourth-order valence-electron chi connectivity index (χ4n) is 1.94. The van der Waals surface area contributed by atoms with E-state index in [-0.39, 0.29) is 11.3 Å². The molecule has 1 aromatic carbocycles. The van der Waals surface area contributed by atoms with Gasteiger partial charge < -0.3 is 10.4 Å². The van der Waals surface area contributed by atoms with Crippen molar-refractivity contribution in [3.05, 3.63) is 42.5 Å². The predicted octanol–water partition coefficient (Wildman–Crippen LogP) is 3.37. The van der Waals surface area contributed by atoms with Crippen molar-refractivity contribution in [1.82, 2.24) is 0 Å². The van der Waals surface area contributed by atoms with E-state index in [1.807, 2.05) is 18.2 Å². The number of rotatable bonds is 5. The Morgan fingerprint density at radius 1 is 1.32 bits per heavy atom. The number of aliphatic hydroxyl groups excluding tert-OH is 1. The second kappa shape index (κ2) is 6.53. The first-order chi connectivity index (χ1) is 8.78. The highest BCUT2D eigenvalue weighted by Gasteiger charge is 2.19. The maximum Gasteiger partial charge on any atom is 0.253 e. The second-order valence-electron chi connectivity index (χ2n) is 6.06. The quantitative estimate of drug-likeness (QED) is 0.798. The van der Waals surface area contributed by atoms with Crippen molar-refractivity contribution in [3.63, 3.8) is 0 Å². The van der Waals surface area contributed by atoms with Gasteiger partial charge in [-0.2, -0.15) is 0 Å². The zero-order valence-corrected chi connectivity index (χ0v) is 11.9. The molecule has 0 fully saturated rings. The van der Waals surface area contributed by atoms with E-state index in [0.29, 0.717) is 12.1 Å². The normalized spacial score (nSPS) is 12.8. The Balaban J connectivity index is 2.47. The van der Waals surface area contributed by atoms with Gasteiger partial charge in [-0.3, -0.25) is 4.79 Å². The average Bonchev–Trinajstić information content (AvgIpc) is 2.27. The molecule has 0 spiro atoms. The summed E-state index contributed by atoms with van der Waals surface area (Å²) in [5.41, 5.74) is 1.70. The molecule has 0 saturated carbocycles. The SMILES string of the molecule is C=C(C[C@H](O)C(=O)Nc1ccccc1)CC(C)(C)C. The monoisotopic (exact) mass is 261 g/mol. The zero-order chi connectivity index (χ0) is 14.5. The zero-order valence-electron chi connectivity index (χ0n) is 11.9. The van der Waals surface area contributed by atoms with Gasteiger partial charge in [0.2, 0.25) is 0 Å². The van der Waals surface area contributed by atoms with Crippen molar-refractivity contribution in [3.8, 4) is 0 Å². The first-order valence-corrected chi connectivity index (χ1v) is 6.48. The molecule has 3 heteroatoms. The van der Waals surface area contributed by atoms with Crippen LogP contribution in [0.4, 0.5) is 5.69 Å². The van der Waals surface area contributed by atoms with Crippen LogP contribution in [-0.2, 0) is 4.79 Å². The molecule has 0 aliphatic carbocycles. The fourth-order valence-corrected chi connectivity index (χ4v) is 1.94. The molecule has 1 amide bonds. The Bertz CT molecular complexity index is 432. The summed E-state index contributed by atoms with van der Waals surface area (Å²) in [5, 5.41) is 12.6. The third kappa shape index (κ3) is 6.20. The number of nitrogens with one attached hydrogen (secondary N) is 1. The van der Waals surface area contributed by atoms with Gasteiger partial charge in [-0.05, 0) is 24.0 Å². The highest BCUT2D eigenvalue weighted by molar-refractivity contribution is 5.94. The van der Waals surface area contributed by atoms with Crippen LogP contribution in [0, 0.1) is 5.41 Å². The highest BCUT2D eigenvalue weighted by Crippen LogP contribution is 2.25. The molecule has 104 valence electrons. The Labute approximate surface area is 115 Å². The lowest BCUT2D eigenvalue weighted by Gasteiger charge is -2.21. The molecule has 0 radical (unpaired) electrons. The number of carbonyl (C=O) groups excluding carboxylic acids is 1. The van der Waals surface area contributed by atoms with Crippen LogP contribution in [0.5, 0.6) is 0 Å². The molecule has 0 unspecified atom stereocenters. The molecular weight excluding hydrogens is 238 g/mol. The number of anilines is 1. The maximum absolute atomic E-state index is 11.8. The lowest BCUT2D eigenvalue weighted by Crippen LogP contribution is -2.28. The van der Waals surface area contributed by atoms with Gasteiger partial charge >= 0.3 is 0 Å². The summed E-state index contributed by atoms with van der Waals surface area (Å²) in [6.07, 6.45) is 0.0496. The predicted molar refractivity (Wildman–Crippen MR) is 78.9 cm³/mol. The Morgan fingerprint density at radius 2 is 1.89 bits per heavy atom. The van der Waals surface area contributed by atoms with Crippen LogP contribution in [0.15, 0.2) is 42.5 Å². The summed E-state index contributed by atoms with van der Waals surface area (Å²) in [4.78, 5) is 11.8. The number of hydrogen-bond donors (Lipinski definition) is 2. The Kier molecular flexibility index (Phi) is 5.31. The molecule has 1 atom stereocenters.